The molecule has 1 aromatic heterocycles. The molecule has 0 fully saturated rings. The standard InChI is InChI=1S/C12H24N4/c1-4-6-16(7-5-2)10-12(13)11-8-14-15(3)9-11/h8-9,12H,4-7,10,13H2,1-3H3. The van der Waals surface area contributed by atoms with Gasteiger partial charge in [-0.3, -0.25) is 4.68 Å². The number of aryl methyl sites for hydroxylation is 1. The van der Waals surface area contributed by atoms with Gasteiger partial charge in [-0.2, -0.15) is 5.10 Å². The molecule has 1 heterocycles. The highest BCUT2D eigenvalue weighted by Gasteiger charge is 2.12. The molecule has 0 aromatic carbocycles. The van der Waals surface area contributed by atoms with Crippen molar-refractivity contribution in [2.75, 3.05) is 19.6 Å². The van der Waals surface area contributed by atoms with Gasteiger partial charge in [0, 0.05) is 31.4 Å². The second-order valence-electron chi connectivity index (χ2n) is 4.35. The first-order chi connectivity index (χ1) is 7.67. The second kappa shape index (κ2) is 6.66. The van der Waals surface area contributed by atoms with E-state index >= 15 is 0 Å². The predicted molar refractivity (Wildman–Crippen MR) is 67.2 cm³/mol. The Morgan fingerprint density at radius 2 is 2.00 bits per heavy atom. The summed E-state index contributed by atoms with van der Waals surface area (Å²) in [5.41, 5.74) is 7.30. The quantitative estimate of drug-likeness (QED) is 0.764. The van der Waals surface area contributed by atoms with E-state index in [1.807, 2.05) is 19.4 Å². The molecular weight excluding hydrogens is 200 g/mol. The van der Waals surface area contributed by atoms with Gasteiger partial charge in [-0.05, 0) is 25.9 Å². The summed E-state index contributed by atoms with van der Waals surface area (Å²) in [6.07, 6.45) is 6.22. The highest BCUT2D eigenvalue weighted by molar-refractivity contribution is 5.09. The van der Waals surface area contributed by atoms with Crippen molar-refractivity contribution >= 4 is 0 Å². The summed E-state index contributed by atoms with van der Waals surface area (Å²) in [5.74, 6) is 0. The first kappa shape index (κ1) is 13.2. The van der Waals surface area contributed by atoms with Crippen molar-refractivity contribution in [2.45, 2.75) is 32.7 Å². The molecule has 0 amide bonds. The number of hydrogen-bond donors (Lipinski definition) is 1. The molecule has 0 aliphatic carbocycles. The topological polar surface area (TPSA) is 47.1 Å². The van der Waals surface area contributed by atoms with Crippen molar-refractivity contribution in [2.24, 2.45) is 12.8 Å². The molecule has 1 unspecified atom stereocenters. The molecule has 92 valence electrons. The summed E-state index contributed by atoms with van der Waals surface area (Å²) < 4.78 is 1.80. The van der Waals surface area contributed by atoms with Crippen molar-refractivity contribution in [3.05, 3.63) is 18.0 Å². The van der Waals surface area contributed by atoms with E-state index in [0.29, 0.717) is 0 Å². The third-order valence-corrected chi connectivity index (χ3v) is 2.69. The Labute approximate surface area is 98.4 Å². The molecule has 1 rings (SSSR count). The average Bonchev–Trinajstić information content (AvgIpc) is 2.65. The minimum absolute atomic E-state index is 0.0757. The maximum Gasteiger partial charge on any atom is 0.0537 e. The Morgan fingerprint density at radius 1 is 1.38 bits per heavy atom. The second-order valence-corrected chi connectivity index (χ2v) is 4.35. The van der Waals surface area contributed by atoms with Crippen molar-refractivity contribution < 1.29 is 0 Å². The van der Waals surface area contributed by atoms with Crippen LogP contribution in [-0.4, -0.2) is 34.3 Å². The fraction of sp³-hybridized carbons (Fsp3) is 0.750. The summed E-state index contributed by atoms with van der Waals surface area (Å²) in [6, 6.07) is 0.0757. The van der Waals surface area contributed by atoms with E-state index in [-0.39, 0.29) is 6.04 Å². The Balaban J connectivity index is 2.50. The van der Waals surface area contributed by atoms with Crippen LogP contribution in [0, 0.1) is 0 Å². The molecule has 2 N–H and O–H groups in total. The highest BCUT2D eigenvalue weighted by Crippen LogP contribution is 2.10. The predicted octanol–water partition coefficient (Wildman–Crippen LogP) is 1.54. The monoisotopic (exact) mass is 224 g/mol. The van der Waals surface area contributed by atoms with Crippen LogP contribution in [0.1, 0.15) is 38.3 Å². The first-order valence-electron chi connectivity index (χ1n) is 6.13. The van der Waals surface area contributed by atoms with Crippen molar-refractivity contribution in [1.82, 2.24) is 14.7 Å². The number of nitrogens with zero attached hydrogens (tertiary/aromatic N) is 3. The number of aromatic nitrogens is 2. The fourth-order valence-corrected chi connectivity index (χ4v) is 1.94. The van der Waals surface area contributed by atoms with Crippen LogP contribution in [0.4, 0.5) is 0 Å². The van der Waals surface area contributed by atoms with Gasteiger partial charge in [0.2, 0.25) is 0 Å². The molecule has 4 nitrogen and oxygen atoms in total. The van der Waals surface area contributed by atoms with Gasteiger partial charge in [-0.25, -0.2) is 0 Å². The lowest BCUT2D eigenvalue weighted by Gasteiger charge is -2.24. The molecule has 16 heavy (non-hydrogen) atoms. The number of hydrogen-bond acceptors (Lipinski definition) is 3. The summed E-state index contributed by atoms with van der Waals surface area (Å²) in [5, 5.41) is 4.16. The highest BCUT2D eigenvalue weighted by atomic mass is 15.2. The third kappa shape index (κ3) is 3.94. The van der Waals surface area contributed by atoms with Gasteiger partial charge in [0.1, 0.15) is 0 Å². The molecular formula is C12H24N4. The van der Waals surface area contributed by atoms with Gasteiger partial charge in [-0.1, -0.05) is 13.8 Å². The van der Waals surface area contributed by atoms with E-state index in [1.54, 1.807) is 4.68 Å². The average molecular weight is 224 g/mol. The van der Waals surface area contributed by atoms with Gasteiger partial charge in [0.15, 0.2) is 0 Å². The Hall–Kier alpha value is -0.870. The normalized spacial score (nSPS) is 13.3. The molecule has 0 radical (unpaired) electrons. The van der Waals surface area contributed by atoms with Gasteiger partial charge in [-0.15, -0.1) is 0 Å². The smallest absolute Gasteiger partial charge is 0.0537 e. The van der Waals surface area contributed by atoms with Crippen LogP contribution >= 0.6 is 0 Å². The van der Waals surface area contributed by atoms with Crippen LogP contribution in [0.5, 0.6) is 0 Å². The molecule has 0 aliphatic rings. The molecule has 1 atom stereocenters. The largest absolute Gasteiger partial charge is 0.323 e. The molecule has 1 aromatic rings. The van der Waals surface area contributed by atoms with E-state index in [0.717, 1.165) is 25.2 Å². The lowest BCUT2D eigenvalue weighted by molar-refractivity contribution is 0.258. The summed E-state index contributed by atoms with van der Waals surface area (Å²) in [6.45, 7) is 7.59. The Bertz CT molecular complexity index is 289. The summed E-state index contributed by atoms with van der Waals surface area (Å²) in [4.78, 5) is 2.43. The molecule has 0 bridgehead atoms. The van der Waals surface area contributed by atoms with E-state index in [9.17, 15) is 0 Å². The number of nitrogens with two attached hydrogens (primary N) is 1. The Kier molecular flexibility index (Phi) is 5.49. The number of rotatable bonds is 7. The van der Waals surface area contributed by atoms with Crippen molar-refractivity contribution in [3.8, 4) is 0 Å². The van der Waals surface area contributed by atoms with Crippen molar-refractivity contribution in [3.63, 3.8) is 0 Å². The van der Waals surface area contributed by atoms with Crippen LogP contribution in [-0.2, 0) is 7.05 Å². The minimum atomic E-state index is 0.0757. The van der Waals surface area contributed by atoms with Gasteiger partial charge in [0.25, 0.3) is 0 Å². The zero-order chi connectivity index (χ0) is 12.0. The third-order valence-electron chi connectivity index (χ3n) is 2.69. The zero-order valence-corrected chi connectivity index (χ0v) is 10.7. The van der Waals surface area contributed by atoms with Gasteiger partial charge in [0.05, 0.1) is 6.20 Å². The van der Waals surface area contributed by atoms with Crippen LogP contribution in [0.15, 0.2) is 12.4 Å². The molecule has 0 spiro atoms. The van der Waals surface area contributed by atoms with Crippen molar-refractivity contribution in [1.29, 1.82) is 0 Å². The maximum absolute atomic E-state index is 6.17. The van der Waals surface area contributed by atoms with E-state index in [1.165, 1.54) is 12.8 Å². The lowest BCUT2D eigenvalue weighted by Crippen LogP contribution is -2.33. The SMILES string of the molecule is CCCN(CCC)CC(N)c1cnn(C)c1. The first-order valence-corrected chi connectivity index (χ1v) is 6.13. The molecule has 0 saturated heterocycles. The van der Waals surface area contributed by atoms with Crippen LogP contribution < -0.4 is 5.73 Å². The van der Waals surface area contributed by atoms with Crippen LogP contribution in [0.2, 0.25) is 0 Å². The van der Waals surface area contributed by atoms with Crippen LogP contribution in [0.3, 0.4) is 0 Å². The lowest BCUT2D eigenvalue weighted by atomic mass is 10.1. The van der Waals surface area contributed by atoms with Gasteiger partial charge < -0.3 is 10.6 Å². The Morgan fingerprint density at radius 3 is 2.44 bits per heavy atom. The fourth-order valence-electron chi connectivity index (χ4n) is 1.94. The summed E-state index contributed by atoms with van der Waals surface area (Å²) in [7, 11) is 1.92. The van der Waals surface area contributed by atoms with Crippen LogP contribution in [0.25, 0.3) is 0 Å². The van der Waals surface area contributed by atoms with Gasteiger partial charge >= 0.3 is 0 Å². The molecule has 0 aliphatic heterocycles. The molecule has 0 saturated carbocycles. The zero-order valence-electron chi connectivity index (χ0n) is 10.7. The van der Waals surface area contributed by atoms with E-state index in [2.05, 4.69) is 23.8 Å². The van der Waals surface area contributed by atoms with E-state index < -0.39 is 0 Å². The minimum Gasteiger partial charge on any atom is -0.323 e. The van der Waals surface area contributed by atoms with E-state index in [4.69, 9.17) is 5.73 Å². The summed E-state index contributed by atoms with van der Waals surface area (Å²) >= 11 is 0. The maximum atomic E-state index is 6.17. The molecule has 4 heteroatoms.